The number of aliphatic carboxylic acids is 1. The standard InChI is InChI=1S/C14H17BrN2O4/c15-10-3-1-2-9(8-10)11(16)12(18)17-14(13(19)20)4-6-21-7-5-14/h1-3,8,11H,4-7,16H2,(H,17,18)(H,19,20)/t11-/m0/s1. The van der Waals surface area contributed by atoms with Crippen molar-refractivity contribution >= 4 is 27.8 Å². The van der Waals surface area contributed by atoms with Crippen molar-refractivity contribution in [3.8, 4) is 0 Å². The largest absolute Gasteiger partial charge is 0.480 e. The molecule has 2 rings (SSSR count). The van der Waals surface area contributed by atoms with Gasteiger partial charge in [-0.05, 0) is 17.7 Å². The summed E-state index contributed by atoms with van der Waals surface area (Å²) in [5.41, 5.74) is 5.25. The van der Waals surface area contributed by atoms with E-state index in [1.165, 1.54) is 0 Å². The fourth-order valence-corrected chi connectivity index (χ4v) is 2.69. The van der Waals surface area contributed by atoms with Crippen molar-refractivity contribution in [2.24, 2.45) is 5.73 Å². The number of carbonyl (C=O) groups is 2. The summed E-state index contributed by atoms with van der Waals surface area (Å²) < 4.78 is 5.97. The lowest BCUT2D eigenvalue weighted by Gasteiger charge is -2.34. The maximum absolute atomic E-state index is 12.3. The first kappa shape index (κ1) is 15.9. The van der Waals surface area contributed by atoms with E-state index >= 15 is 0 Å². The molecule has 1 atom stereocenters. The lowest BCUT2D eigenvalue weighted by molar-refractivity contribution is -0.152. The van der Waals surface area contributed by atoms with E-state index in [1.807, 2.05) is 6.07 Å². The summed E-state index contributed by atoms with van der Waals surface area (Å²) in [7, 11) is 0. The zero-order valence-electron chi connectivity index (χ0n) is 11.3. The third kappa shape index (κ3) is 3.61. The molecule has 4 N–H and O–H groups in total. The van der Waals surface area contributed by atoms with Crippen LogP contribution in [0.2, 0.25) is 0 Å². The number of carbonyl (C=O) groups excluding carboxylic acids is 1. The van der Waals surface area contributed by atoms with E-state index in [1.54, 1.807) is 18.2 Å². The van der Waals surface area contributed by atoms with Crippen molar-refractivity contribution in [3.05, 3.63) is 34.3 Å². The molecule has 1 amide bonds. The van der Waals surface area contributed by atoms with E-state index in [4.69, 9.17) is 10.5 Å². The number of amides is 1. The molecule has 7 heteroatoms. The van der Waals surface area contributed by atoms with Crippen LogP contribution in [0.15, 0.2) is 28.7 Å². The highest BCUT2D eigenvalue weighted by molar-refractivity contribution is 9.10. The van der Waals surface area contributed by atoms with Gasteiger partial charge >= 0.3 is 5.97 Å². The smallest absolute Gasteiger partial charge is 0.329 e. The van der Waals surface area contributed by atoms with Crippen molar-refractivity contribution in [3.63, 3.8) is 0 Å². The van der Waals surface area contributed by atoms with Crippen LogP contribution in [0.3, 0.4) is 0 Å². The quantitative estimate of drug-likeness (QED) is 0.752. The summed E-state index contributed by atoms with van der Waals surface area (Å²) in [6.07, 6.45) is 0.471. The first-order chi connectivity index (χ1) is 9.94. The number of halogens is 1. The third-order valence-corrected chi connectivity index (χ3v) is 4.10. The number of carboxylic acids is 1. The molecule has 0 bridgehead atoms. The Morgan fingerprint density at radius 2 is 2.05 bits per heavy atom. The fourth-order valence-electron chi connectivity index (χ4n) is 2.28. The number of carboxylic acid groups (broad SMARTS) is 1. The highest BCUT2D eigenvalue weighted by Crippen LogP contribution is 2.23. The fraction of sp³-hybridized carbons (Fsp3) is 0.429. The monoisotopic (exact) mass is 356 g/mol. The number of benzene rings is 1. The van der Waals surface area contributed by atoms with Gasteiger partial charge in [-0.1, -0.05) is 28.1 Å². The molecule has 21 heavy (non-hydrogen) atoms. The van der Waals surface area contributed by atoms with Gasteiger partial charge in [0.15, 0.2) is 0 Å². The maximum Gasteiger partial charge on any atom is 0.329 e. The summed E-state index contributed by atoms with van der Waals surface area (Å²) in [5, 5.41) is 12.0. The minimum absolute atomic E-state index is 0.235. The van der Waals surface area contributed by atoms with Gasteiger partial charge in [-0.25, -0.2) is 4.79 Å². The van der Waals surface area contributed by atoms with Gasteiger partial charge < -0.3 is 20.9 Å². The predicted octanol–water partition coefficient (Wildman–Crippen LogP) is 1.20. The van der Waals surface area contributed by atoms with Gasteiger partial charge in [0.1, 0.15) is 11.6 Å². The number of nitrogens with one attached hydrogen (secondary N) is 1. The Hall–Kier alpha value is -1.44. The second-order valence-corrected chi connectivity index (χ2v) is 5.94. The Bertz CT molecular complexity index is 544. The highest BCUT2D eigenvalue weighted by Gasteiger charge is 2.42. The molecular formula is C14H17BrN2O4. The first-order valence-electron chi connectivity index (χ1n) is 6.59. The Morgan fingerprint density at radius 1 is 1.38 bits per heavy atom. The third-order valence-electron chi connectivity index (χ3n) is 3.61. The summed E-state index contributed by atoms with van der Waals surface area (Å²) in [6.45, 7) is 0.609. The molecule has 0 unspecified atom stereocenters. The van der Waals surface area contributed by atoms with E-state index in [9.17, 15) is 14.7 Å². The van der Waals surface area contributed by atoms with Gasteiger partial charge in [0, 0.05) is 30.5 Å². The molecule has 0 aliphatic carbocycles. The SMILES string of the molecule is N[C@H](C(=O)NC1(C(=O)O)CCOCC1)c1cccc(Br)c1. The van der Waals surface area contributed by atoms with Crippen LogP contribution in [-0.2, 0) is 14.3 Å². The Balaban J connectivity index is 2.13. The van der Waals surface area contributed by atoms with Crippen LogP contribution in [0.4, 0.5) is 0 Å². The maximum atomic E-state index is 12.3. The molecule has 1 aromatic rings. The van der Waals surface area contributed by atoms with Crippen molar-refractivity contribution in [2.45, 2.75) is 24.4 Å². The van der Waals surface area contributed by atoms with Crippen LogP contribution >= 0.6 is 15.9 Å². The van der Waals surface area contributed by atoms with Crippen molar-refractivity contribution in [1.29, 1.82) is 0 Å². The number of ether oxygens (including phenoxy) is 1. The Labute approximate surface area is 130 Å². The molecular weight excluding hydrogens is 340 g/mol. The Morgan fingerprint density at radius 3 is 2.62 bits per heavy atom. The van der Waals surface area contributed by atoms with Gasteiger partial charge in [0.25, 0.3) is 0 Å². The van der Waals surface area contributed by atoms with Crippen LogP contribution in [-0.4, -0.2) is 35.7 Å². The second-order valence-electron chi connectivity index (χ2n) is 5.02. The summed E-state index contributed by atoms with van der Waals surface area (Å²) in [4.78, 5) is 23.8. The minimum Gasteiger partial charge on any atom is -0.480 e. The minimum atomic E-state index is -1.29. The molecule has 1 aliphatic heterocycles. The average Bonchev–Trinajstić information content (AvgIpc) is 2.47. The van der Waals surface area contributed by atoms with E-state index < -0.39 is 23.5 Å². The van der Waals surface area contributed by atoms with Crippen LogP contribution in [0.5, 0.6) is 0 Å². The molecule has 1 saturated heterocycles. The van der Waals surface area contributed by atoms with E-state index in [0.29, 0.717) is 18.8 Å². The molecule has 0 aromatic heterocycles. The average molecular weight is 357 g/mol. The van der Waals surface area contributed by atoms with E-state index in [-0.39, 0.29) is 12.8 Å². The van der Waals surface area contributed by atoms with Gasteiger partial charge in [0.05, 0.1) is 0 Å². The van der Waals surface area contributed by atoms with Crippen molar-refractivity contribution in [1.82, 2.24) is 5.32 Å². The molecule has 1 aliphatic rings. The topological polar surface area (TPSA) is 102 Å². The number of hydrogen-bond acceptors (Lipinski definition) is 4. The highest BCUT2D eigenvalue weighted by atomic mass is 79.9. The van der Waals surface area contributed by atoms with Gasteiger partial charge in [-0.15, -0.1) is 0 Å². The van der Waals surface area contributed by atoms with Crippen LogP contribution in [0.1, 0.15) is 24.4 Å². The van der Waals surface area contributed by atoms with Crippen molar-refractivity contribution in [2.75, 3.05) is 13.2 Å². The normalized spacial score (nSPS) is 18.8. The lowest BCUT2D eigenvalue weighted by Crippen LogP contribution is -2.59. The molecule has 114 valence electrons. The predicted molar refractivity (Wildman–Crippen MR) is 79.6 cm³/mol. The van der Waals surface area contributed by atoms with Crippen LogP contribution in [0.25, 0.3) is 0 Å². The summed E-state index contributed by atoms with van der Waals surface area (Å²) in [5.74, 6) is -1.56. The molecule has 0 radical (unpaired) electrons. The lowest BCUT2D eigenvalue weighted by atomic mass is 9.89. The molecule has 1 heterocycles. The molecule has 0 saturated carbocycles. The van der Waals surface area contributed by atoms with Gasteiger partial charge in [-0.2, -0.15) is 0 Å². The Kier molecular flexibility index (Phi) is 4.97. The van der Waals surface area contributed by atoms with Gasteiger partial charge in [0.2, 0.25) is 5.91 Å². The van der Waals surface area contributed by atoms with Crippen molar-refractivity contribution < 1.29 is 19.4 Å². The van der Waals surface area contributed by atoms with E-state index in [0.717, 1.165) is 4.47 Å². The first-order valence-corrected chi connectivity index (χ1v) is 7.38. The zero-order valence-corrected chi connectivity index (χ0v) is 12.9. The summed E-state index contributed by atoms with van der Waals surface area (Å²) in [6, 6.07) is 6.15. The summed E-state index contributed by atoms with van der Waals surface area (Å²) >= 11 is 3.31. The van der Waals surface area contributed by atoms with Crippen LogP contribution in [0, 0.1) is 0 Å². The van der Waals surface area contributed by atoms with Gasteiger partial charge in [-0.3, -0.25) is 4.79 Å². The zero-order chi connectivity index (χ0) is 15.5. The number of nitrogens with two attached hydrogens (primary N) is 1. The molecule has 1 fully saturated rings. The molecule has 6 nitrogen and oxygen atoms in total. The van der Waals surface area contributed by atoms with E-state index in [2.05, 4.69) is 21.2 Å². The molecule has 1 aromatic carbocycles. The molecule has 0 spiro atoms. The van der Waals surface area contributed by atoms with Crippen LogP contribution < -0.4 is 11.1 Å². The number of rotatable bonds is 4. The second kappa shape index (κ2) is 6.55. The number of hydrogen-bond donors (Lipinski definition) is 3.